The molecule has 1 aromatic heterocycles. The quantitative estimate of drug-likeness (QED) is 0.597. The smallest absolute Gasteiger partial charge is 0.131 e. The Morgan fingerprint density at radius 2 is 2.44 bits per heavy atom. The van der Waals surface area contributed by atoms with Crippen LogP contribution in [0.25, 0.3) is 0 Å². The highest BCUT2D eigenvalue weighted by Gasteiger charge is 2.21. The Kier molecular flexibility index (Phi) is 4.24. The zero-order chi connectivity index (χ0) is 11.5. The van der Waals surface area contributed by atoms with Crippen LogP contribution in [0, 0.1) is 9.49 Å². The van der Waals surface area contributed by atoms with Crippen molar-refractivity contribution >= 4 is 39.9 Å². The molecule has 2 rings (SSSR count). The van der Waals surface area contributed by atoms with E-state index >= 15 is 0 Å². The second-order valence-corrected chi connectivity index (χ2v) is 5.62. The predicted molar refractivity (Wildman–Crippen MR) is 72.9 cm³/mol. The molecular weight excluding hydrogens is 341 g/mol. The Hall–Kier alpha value is -0.100. The van der Waals surface area contributed by atoms with Crippen LogP contribution >= 0.6 is 34.2 Å². The van der Waals surface area contributed by atoms with E-state index in [1.165, 1.54) is 0 Å². The largest absolute Gasteiger partial charge is 0.370 e. The molecule has 1 saturated heterocycles. The highest BCUT2D eigenvalue weighted by Crippen LogP contribution is 2.28. The molecule has 0 aromatic carbocycles. The van der Waals surface area contributed by atoms with Gasteiger partial charge < -0.3 is 4.90 Å². The van der Waals surface area contributed by atoms with Crippen molar-refractivity contribution in [1.29, 1.82) is 0 Å². The summed E-state index contributed by atoms with van der Waals surface area (Å²) in [5.74, 6) is 0.163. The van der Waals surface area contributed by atoms with Crippen LogP contribution < -0.4 is 4.90 Å². The first kappa shape index (κ1) is 12.4. The average molecular weight is 355 g/mol. The summed E-state index contributed by atoms with van der Waals surface area (Å²) >= 11 is 8.13. The standard InChI is InChI=1S/C11H13ClFIN2/c12-11-4-10(9(14)6-15-11)16-3-1-2-8(5-13)7-16/h4,6,8H,1-3,5,7H2. The van der Waals surface area contributed by atoms with Crippen molar-refractivity contribution in [2.75, 3.05) is 24.7 Å². The lowest BCUT2D eigenvalue weighted by molar-refractivity contribution is 0.316. The molecule has 0 spiro atoms. The number of alkyl halides is 1. The van der Waals surface area contributed by atoms with Crippen LogP contribution in [0.2, 0.25) is 5.15 Å². The summed E-state index contributed by atoms with van der Waals surface area (Å²) in [5, 5.41) is 0.498. The van der Waals surface area contributed by atoms with Crippen LogP contribution in [-0.4, -0.2) is 24.7 Å². The summed E-state index contributed by atoms with van der Waals surface area (Å²) in [6.45, 7) is 1.53. The third kappa shape index (κ3) is 2.77. The van der Waals surface area contributed by atoms with Gasteiger partial charge in [0.2, 0.25) is 0 Å². The number of rotatable bonds is 2. The molecule has 2 nitrogen and oxygen atoms in total. The summed E-state index contributed by atoms with van der Waals surface area (Å²) < 4.78 is 13.8. The third-order valence-corrected chi connectivity index (χ3v) is 3.92. The van der Waals surface area contributed by atoms with Gasteiger partial charge in [-0.1, -0.05) is 11.6 Å². The summed E-state index contributed by atoms with van der Waals surface area (Å²) in [4.78, 5) is 6.24. The molecule has 1 atom stereocenters. The minimum atomic E-state index is -0.230. The fourth-order valence-corrected chi connectivity index (χ4v) is 2.84. The van der Waals surface area contributed by atoms with Crippen LogP contribution in [0.4, 0.5) is 10.1 Å². The Morgan fingerprint density at radius 3 is 3.19 bits per heavy atom. The molecule has 0 saturated carbocycles. The van der Waals surface area contributed by atoms with E-state index in [2.05, 4.69) is 32.5 Å². The Balaban J connectivity index is 2.19. The molecule has 5 heteroatoms. The molecule has 1 unspecified atom stereocenters. The van der Waals surface area contributed by atoms with Crippen molar-refractivity contribution in [3.8, 4) is 0 Å². The van der Waals surface area contributed by atoms with Gasteiger partial charge in [0.05, 0.1) is 15.9 Å². The minimum Gasteiger partial charge on any atom is -0.370 e. The van der Waals surface area contributed by atoms with Gasteiger partial charge in [-0.05, 0) is 41.5 Å². The monoisotopic (exact) mass is 354 g/mol. The fourth-order valence-electron chi connectivity index (χ4n) is 2.06. The van der Waals surface area contributed by atoms with Crippen molar-refractivity contribution < 1.29 is 4.39 Å². The lowest BCUT2D eigenvalue weighted by Crippen LogP contribution is -2.36. The molecular formula is C11H13ClFIN2. The van der Waals surface area contributed by atoms with Crippen LogP contribution in [0.1, 0.15) is 12.8 Å². The van der Waals surface area contributed by atoms with Crippen LogP contribution in [0.15, 0.2) is 12.3 Å². The first-order valence-corrected chi connectivity index (χ1v) is 6.78. The maximum Gasteiger partial charge on any atom is 0.131 e. The Labute approximate surface area is 113 Å². The fraction of sp³-hybridized carbons (Fsp3) is 0.545. The molecule has 1 aromatic rings. The van der Waals surface area contributed by atoms with Crippen molar-refractivity contribution in [3.05, 3.63) is 21.0 Å². The van der Waals surface area contributed by atoms with E-state index in [9.17, 15) is 4.39 Å². The number of hydrogen-bond acceptors (Lipinski definition) is 2. The second kappa shape index (κ2) is 5.49. The zero-order valence-corrected chi connectivity index (χ0v) is 11.7. The zero-order valence-electron chi connectivity index (χ0n) is 8.80. The summed E-state index contributed by atoms with van der Waals surface area (Å²) in [6.07, 6.45) is 3.80. The van der Waals surface area contributed by atoms with Gasteiger partial charge in [0.1, 0.15) is 5.15 Å². The number of pyridine rings is 1. The van der Waals surface area contributed by atoms with Crippen molar-refractivity contribution in [2.45, 2.75) is 12.8 Å². The predicted octanol–water partition coefficient (Wildman–Crippen LogP) is 3.53. The van der Waals surface area contributed by atoms with Gasteiger partial charge in [-0.2, -0.15) is 0 Å². The van der Waals surface area contributed by atoms with E-state index in [-0.39, 0.29) is 12.6 Å². The Morgan fingerprint density at radius 1 is 1.62 bits per heavy atom. The topological polar surface area (TPSA) is 16.1 Å². The minimum absolute atomic E-state index is 0.163. The molecule has 1 fully saturated rings. The molecule has 1 aliphatic rings. The molecule has 0 N–H and O–H groups in total. The third-order valence-electron chi connectivity index (χ3n) is 2.88. The number of halogens is 3. The highest BCUT2D eigenvalue weighted by molar-refractivity contribution is 14.1. The van der Waals surface area contributed by atoms with Crippen LogP contribution in [0.5, 0.6) is 0 Å². The lowest BCUT2D eigenvalue weighted by atomic mass is 9.99. The second-order valence-electron chi connectivity index (χ2n) is 4.07. The number of anilines is 1. The molecule has 0 radical (unpaired) electrons. The van der Waals surface area contributed by atoms with E-state index in [1.54, 1.807) is 6.20 Å². The normalized spacial score (nSPS) is 21.2. The van der Waals surface area contributed by atoms with Crippen molar-refractivity contribution in [2.24, 2.45) is 5.92 Å². The molecule has 2 heterocycles. The van der Waals surface area contributed by atoms with Crippen LogP contribution in [0.3, 0.4) is 0 Å². The summed E-state index contributed by atoms with van der Waals surface area (Å²) in [7, 11) is 0. The SMILES string of the molecule is FCC1CCCN(c2cc(Cl)ncc2I)C1. The first-order chi connectivity index (χ1) is 7.70. The number of piperidine rings is 1. The number of hydrogen-bond donors (Lipinski definition) is 0. The van der Waals surface area contributed by atoms with Gasteiger partial charge in [-0.15, -0.1) is 0 Å². The number of nitrogens with zero attached hydrogens (tertiary/aromatic N) is 2. The summed E-state index contributed by atoms with van der Waals surface area (Å²) in [6, 6.07) is 1.87. The van der Waals surface area contributed by atoms with E-state index in [4.69, 9.17) is 11.6 Å². The van der Waals surface area contributed by atoms with Crippen molar-refractivity contribution in [3.63, 3.8) is 0 Å². The van der Waals surface area contributed by atoms with Gasteiger partial charge in [0.15, 0.2) is 0 Å². The number of aromatic nitrogens is 1. The average Bonchev–Trinajstić information content (AvgIpc) is 2.32. The van der Waals surface area contributed by atoms with E-state index in [1.807, 2.05) is 6.07 Å². The highest BCUT2D eigenvalue weighted by atomic mass is 127. The lowest BCUT2D eigenvalue weighted by Gasteiger charge is -2.33. The van der Waals surface area contributed by atoms with Gasteiger partial charge in [0, 0.05) is 25.2 Å². The first-order valence-electron chi connectivity index (χ1n) is 5.32. The molecule has 16 heavy (non-hydrogen) atoms. The Bertz CT molecular complexity index is 375. The summed E-state index contributed by atoms with van der Waals surface area (Å²) in [5.41, 5.74) is 1.08. The van der Waals surface area contributed by atoms with E-state index in [0.29, 0.717) is 5.15 Å². The maximum absolute atomic E-state index is 12.7. The molecule has 1 aliphatic heterocycles. The van der Waals surface area contributed by atoms with Crippen LogP contribution in [-0.2, 0) is 0 Å². The van der Waals surface area contributed by atoms with Gasteiger partial charge in [0.25, 0.3) is 0 Å². The van der Waals surface area contributed by atoms with Gasteiger partial charge >= 0.3 is 0 Å². The maximum atomic E-state index is 12.7. The molecule has 88 valence electrons. The molecule has 0 amide bonds. The van der Waals surface area contributed by atoms with E-state index < -0.39 is 0 Å². The van der Waals surface area contributed by atoms with E-state index in [0.717, 1.165) is 35.2 Å². The molecule has 0 aliphatic carbocycles. The molecule has 0 bridgehead atoms. The van der Waals surface area contributed by atoms with Gasteiger partial charge in [-0.3, -0.25) is 4.39 Å². The van der Waals surface area contributed by atoms with Gasteiger partial charge in [-0.25, -0.2) is 4.98 Å². The van der Waals surface area contributed by atoms with Crippen molar-refractivity contribution in [1.82, 2.24) is 4.98 Å².